The molecule has 0 heteroatoms. The lowest BCUT2D eigenvalue weighted by atomic mass is 10.0. The minimum Gasteiger partial charge on any atom is -0.0654 e. The summed E-state index contributed by atoms with van der Waals surface area (Å²) >= 11 is 0. The van der Waals surface area contributed by atoms with E-state index in [1.54, 1.807) is 0 Å². The molecule has 0 aliphatic heterocycles. The maximum Gasteiger partial charge on any atom is -0.0146 e. The maximum absolute atomic E-state index is 3.42. The normalized spacial score (nSPS) is 10.8. The molecule has 0 amide bonds. The lowest BCUT2D eigenvalue weighted by Gasteiger charge is -2.03. The predicted molar refractivity (Wildman–Crippen MR) is 79.8 cm³/mol. The Bertz CT molecular complexity index is 252. The van der Waals surface area contributed by atoms with Crippen molar-refractivity contribution >= 4 is 0 Å². The summed E-state index contributed by atoms with van der Waals surface area (Å²) in [6, 6.07) is 11.2. The monoisotopic (exact) mass is 244 g/mol. The highest BCUT2D eigenvalue weighted by Gasteiger charge is 1.97. The van der Waals surface area contributed by atoms with Crippen molar-refractivity contribution in [1.29, 1.82) is 0 Å². The van der Waals surface area contributed by atoms with E-state index in [2.05, 4.69) is 38.1 Å². The van der Waals surface area contributed by atoms with Crippen molar-refractivity contribution < 1.29 is 0 Å². The first-order chi connectivity index (χ1) is 8.86. The molecule has 0 N–H and O–H groups in total. The molecule has 0 bridgehead atoms. The third kappa shape index (κ3) is 6.83. The smallest absolute Gasteiger partial charge is 0.0146 e. The Hall–Kier alpha value is -0.780. The second-order valence-corrected chi connectivity index (χ2v) is 5.25. The molecule has 2 radical (unpaired) electrons. The predicted octanol–water partition coefficient (Wildman–Crippen LogP) is 5.53. The molecule has 0 aliphatic carbocycles. The zero-order valence-corrected chi connectivity index (χ0v) is 12.2. The molecule has 0 fully saturated rings. The van der Waals surface area contributed by atoms with E-state index in [0.717, 1.165) is 0 Å². The maximum atomic E-state index is 3.42. The van der Waals surface area contributed by atoms with Gasteiger partial charge in [0.15, 0.2) is 0 Å². The van der Waals surface area contributed by atoms with Gasteiger partial charge in [-0.05, 0) is 48.9 Å². The third-order valence-electron chi connectivity index (χ3n) is 3.46. The highest BCUT2D eigenvalue weighted by molar-refractivity contribution is 5.20. The first-order valence-corrected chi connectivity index (χ1v) is 7.78. The van der Waals surface area contributed by atoms with Crippen LogP contribution in [0.3, 0.4) is 0 Å². The summed E-state index contributed by atoms with van der Waals surface area (Å²) in [7, 11) is 0. The molecule has 0 unspecified atom stereocenters. The van der Waals surface area contributed by atoms with Gasteiger partial charge in [0.25, 0.3) is 0 Å². The van der Waals surface area contributed by atoms with E-state index >= 15 is 0 Å². The van der Waals surface area contributed by atoms with E-state index in [9.17, 15) is 0 Å². The Morgan fingerprint density at radius 1 is 0.667 bits per heavy atom. The van der Waals surface area contributed by atoms with Gasteiger partial charge in [-0.2, -0.15) is 0 Å². The van der Waals surface area contributed by atoms with E-state index in [4.69, 9.17) is 0 Å². The lowest BCUT2D eigenvalue weighted by molar-refractivity contribution is 0.663. The molecule has 1 aromatic carbocycles. The SMILES string of the molecule is CCCCCCc1[c]cc(CCCCCC)[c]c1. The molecule has 0 saturated heterocycles. The first kappa shape index (κ1) is 15.3. The van der Waals surface area contributed by atoms with E-state index in [-0.39, 0.29) is 0 Å². The average Bonchev–Trinajstić information content (AvgIpc) is 2.41. The Morgan fingerprint density at radius 3 is 1.44 bits per heavy atom. The van der Waals surface area contributed by atoms with E-state index in [1.165, 1.54) is 75.3 Å². The van der Waals surface area contributed by atoms with Crippen molar-refractivity contribution in [3.63, 3.8) is 0 Å². The van der Waals surface area contributed by atoms with Gasteiger partial charge in [-0.3, -0.25) is 0 Å². The quantitative estimate of drug-likeness (QED) is 0.474. The van der Waals surface area contributed by atoms with Gasteiger partial charge in [-0.1, -0.05) is 64.5 Å². The summed E-state index contributed by atoms with van der Waals surface area (Å²) < 4.78 is 0. The van der Waals surface area contributed by atoms with Gasteiger partial charge in [-0.15, -0.1) is 0 Å². The molecule has 1 aromatic rings. The van der Waals surface area contributed by atoms with Crippen LogP contribution in [0, 0.1) is 12.1 Å². The third-order valence-corrected chi connectivity index (χ3v) is 3.46. The second-order valence-electron chi connectivity index (χ2n) is 5.25. The van der Waals surface area contributed by atoms with Gasteiger partial charge in [-0.25, -0.2) is 0 Å². The summed E-state index contributed by atoms with van der Waals surface area (Å²) in [5, 5.41) is 0. The summed E-state index contributed by atoms with van der Waals surface area (Å²) in [6.07, 6.45) is 13.0. The molecule has 0 spiro atoms. The van der Waals surface area contributed by atoms with Gasteiger partial charge in [0.1, 0.15) is 0 Å². The molecule has 0 heterocycles. The zero-order valence-electron chi connectivity index (χ0n) is 12.2. The Balaban J connectivity index is 2.20. The van der Waals surface area contributed by atoms with Crippen LogP contribution in [0.1, 0.15) is 76.3 Å². The molecule has 0 aliphatic rings. The summed E-state index contributed by atoms with van der Waals surface area (Å²) in [6.45, 7) is 4.51. The molecule has 100 valence electrons. The number of hydrogen-bond donors (Lipinski definition) is 0. The van der Waals surface area contributed by atoms with E-state index in [0.29, 0.717) is 0 Å². The van der Waals surface area contributed by atoms with Crippen LogP contribution in [-0.4, -0.2) is 0 Å². The van der Waals surface area contributed by atoms with Gasteiger partial charge in [0.05, 0.1) is 0 Å². The molecular formula is C18H28. The van der Waals surface area contributed by atoms with E-state index < -0.39 is 0 Å². The number of benzene rings is 1. The molecule has 0 atom stereocenters. The first-order valence-electron chi connectivity index (χ1n) is 7.78. The Kier molecular flexibility index (Phi) is 8.63. The van der Waals surface area contributed by atoms with E-state index in [1.807, 2.05) is 0 Å². The van der Waals surface area contributed by atoms with Crippen LogP contribution in [0.4, 0.5) is 0 Å². The number of hydrogen-bond acceptors (Lipinski definition) is 0. The minimum absolute atomic E-state index is 1.17. The fraction of sp³-hybridized carbons (Fsp3) is 0.667. The number of aryl methyl sites for hydroxylation is 2. The van der Waals surface area contributed by atoms with Gasteiger partial charge in [0.2, 0.25) is 0 Å². The summed E-state index contributed by atoms with van der Waals surface area (Å²) in [4.78, 5) is 0. The molecule has 0 nitrogen and oxygen atoms in total. The van der Waals surface area contributed by atoms with Crippen LogP contribution in [-0.2, 0) is 12.8 Å². The van der Waals surface area contributed by atoms with Crippen molar-refractivity contribution in [2.45, 2.75) is 78.1 Å². The lowest BCUT2D eigenvalue weighted by Crippen LogP contribution is -1.90. The fourth-order valence-electron chi connectivity index (χ4n) is 2.22. The van der Waals surface area contributed by atoms with Crippen molar-refractivity contribution in [3.05, 3.63) is 35.4 Å². The molecule has 0 saturated carbocycles. The van der Waals surface area contributed by atoms with Crippen LogP contribution in [0.25, 0.3) is 0 Å². The standard InChI is InChI=1S/C18H28/c1-3-5-7-9-11-17-13-15-18(16-14-17)12-10-8-6-4-2/h13,16H,3-12H2,1-2H3. The highest BCUT2D eigenvalue weighted by Crippen LogP contribution is 2.11. The molecule has 1 rings (SSSR count). The number of unbranched alkanes of at least 4 members (excludes halogenated alkanes) is 6. The Labute approximate surface area is 114 Å². The molecular weight excluding hydrogens is 216 g/mol. The largest absolute Gasteiger partial charge is 0.0654 e. The van der Waals surface area contributed by atoms with Crippen molar-refractivity contribution in [1.82, 2.24) is 0 Å². The van der Waals surface area contributed by atoms with Gasteiger partial charge >= 0.3 is 0 Å². The van der Waals surface area contributed by atoms with Crippen molar-refractivity contribution in [3.8, 4) is 0 Å². The molecule has 18 heavy (non-hydrogen) atoms. The van der Waals surface area contributed by atoms with Crippen LogP contribution in [0.5, 0.6) is 0 Å². The topological polar surface area (TPSA) is 0 Å². The second kappa shape index (κ2) is 10.2. The van der Waals surface area contributed by atoms with Gasteiger partial charge in [0, 0.05) is 0 Å². The summed E-state index contributed by atoms with van der Waals surface area (Å²) in [5.74, 6) is 0. The molecule has 0 aromatic heterocycles. The van der Waals surface area contributed by atoms with Crippen LogP contribution >= 0.6 is 0 Å². The highest BCUT2D eigenvalue weighted by atomic mass is 14.0. The van der Waals surface area contributed by atoms with Crippen molar-refractivity contribution in [2.24, 2.45) is 0 Å². The van der Waals surface area contributed by atoms with Gasteiger partial charge < -0.3 is 0 Å². The van der Waals surface area contributed by atoms with Crippen molar-refractivity contribution in [2.75, 3.05) is 0 Å². The number of rotatable bonds is 10. The average molecular weight is 244 g/mol. The summed E-state index contributed by atoms with van der Waals surface area (Å²) in [5.41, 5.74) is 2.67. The fourth-order valence-corrected chi connectivity index (χ4v) is 2.22. The minimum atomic E-state index is 1.17. The van der Waals surface area contributed by atoms with Crippen LogP contribution in [0.2, 0.25) is 0 Å². The van der Waals surface area contributed by atoms with Crippen LogP contribution < -0.4 is 0 Å². The van der Waals surface area contributed by atoms with Crippen LogP contribution in [0.15, 0.2) is 12.1 Å². The Morgan fingerprint density at radius 2 is 1.11 bits per heavy atom. The zero-order chi connectivity index (χ0) is 13.1.